The van der Waals surface area contributed by atoms with Gasteiger partial charge >= 0.3 is 0 Å². The van der Waals surface area contributed by atoms with Crippen molar-refractivity contribution in [1.29, 1.82) is 5.41 Å². The minimum Gasteiger partial charge on any atom is -0.456 e. The molecule has 1 N–H and O–H groups in total. The Morgan fingerprint density at radius 1 is 0.765 bits per heavy atom. The predicted molar refractivity (Wildman–Crippen MR) is 139 cm³/mol. The molecule has 0 spiro atoms. The van der Waals surface area contributed by atoms with Crippen molar-refractivity contribution in [2.75, 3.05) is 31.1 Å². The van der Waals surface area contributed by atoms with Gasteiger partial charge in [0, 0.05) is 54.0 Å². The molecule has 0 atom stereocenters. The summed E-state index contributed by atoms with van der Waals surface area (Å²) in [5.41, 5.74) is 7.01. The normalized spacial score (nSPS) is 17.5. The Bertz CT molecular complexity index is 1330. The van der Waals surface area contributed by atoms with E-state index >= 15 is 0 Å². The van der Waals surface area contributed by atoms with E-state index in [1.807, 2.05) is 18.2 Å². The van der Waals surface area contributed by atoms with Gasteiger partial charge in [-0.2, -0.15) is 0 Å². The lowest BCUT2D eigenvalue weighted by atomic mass is 9.92. The lowest BCUT2D eigenvalue weighted by Crippen LogP contribution is -2.29. The minimum atomic E-state index is 0.479. The molecular weight excluding hydrogens is 418 g/mol. The van der Waals surface area contributed by atoms with Gasteiger partial charge in [0.2, 0.25) is 0 Å². The number of likely N-dealkylation sites (tertiary alicyclic amines) is 1. The topological polar surface area (TPSA) is 43.5 Å². The first-order valence-electron chi connectivity index (χ1n) is 12.9. The lowest BCUT2D eigenvalue weighted by molar-refractivity contribution is 0.221. The number of rotatable bonds is 4. The molecule has 3 heterocycles. The Labute approximate surface area is 201 Å². The maximum Gasteiger partial charge on any atom is 0.137 e. The summed E-state index contributed by atoms with van der Waals surface area (Å²) in [6.07, 6.45) is 7.81. The van der Waals surface area contributed by atoms with Crippen LogP contribution < -0.4 is 10.3 Å². The molecule has 0 amide bonds. The Kier molecular flexibility index (Phi) is 5.84. The van der Waals surface area contributed by atoms with Gasteiger partial charge in [-0.25, -0.2) is 0 Å². The molecule has 0 aromatic heterocycles. The molecule has 2 aromatic carbocycles. The van der Waals surface area contributed by atoms with Gasteiger partial charge in [0.15, 0.2) is 0 Å². The largest absolute Gasteiger partial charge is 0.456 e. The monoisotopic (exact) mass is 451 g/mol. The van der Waals surface area contributed by atoms with Gasteiger partial charge < -0.3 is 14.7 Å². The lowest BCUT2D eigenvalue weighted by Gasteiger charge is -2.29. The van der Waals surface area contributed by atoms with Crippen LogP contribution in [0.5, 0.6) is 0 Å². The highest BCUT2D eigenvalue weighted by Crippen LogP contribution is 2.41. The van der Waals surface area contributed by atoms with Gasteiger partial charge in [0.1, 0.15) is 11.3 Å². The highest BCUT2D eigenvalue weighted by atomic mass is 16.3. The summed E-state index contributed by atoms with van der Waals surface area (Å²) in [6, 6.07) is 21.5. The molecule has 4 aliphatic rings. The van der Waals surface area contributed by atoms with Crippen LogP contribution in [0.3, 0.4) is 0 Å². The molecule has 4 heteroatoms. The first kappa shape index (κ1) is 21.4. The number of nitrogens with one attached hydrogen (secondary N) is 1. The van der Waals surface area contributed by atoms with Crippen LogP contribution in [0.25, 0.3) is 33.4 Å². The van der Waals surface area contributed by atoms with Gasteiger partial charge in [-0.05, 0) is 86.7 Å². The number of benzene rings is 3. The molecule has 2 aromatic rings. The zero-order valence-corrected chi connectivity index (χ0v) is 19.9. The summed E-state index contributed by atoms with van der Waals surface area (Å²) in [4.78, 5) is 5.05. The molecule has 3 aliphatic heterocycles. The van der Waals surface area contributed by atoms with Crippen molar-refractivity contribution < 1.29 is 4.42 Å². The van der Waals surface area contributed by atoms with E-state index in [1.54, 1.807) is 0 Å². The van der Waals surface area contributed by atoms with E-state index in [0.29, 0.717) is 5.36 Å². The summed E-state index contributed by atoms with van der Waals surface area (Å²) in [5.74, 6) is 0.784. The van der Waals surface area contributed by atoms with E-state index in [0.717, 1.165) is 41.9 Å². The van der Waals surface area contributed by atoms with E-state index in [-0.39, 0.29) is 0 Å². The molecule has 1 aliphatic carbocycles. The molecule has 6 rings (SSSR count). The smallest absolute Gasteiger partial charge is 0.137 e. The Balaban J connectivity index is 1.47. The molecule has 34 heavy (non-hydrogen) atoms. The van der Waals surface area contributed by atoms with Gasteiger partial charge in [-0.3, -0.25) is 4.90 Å². The van der Waals surface area contributed by atoms with E-state index < -0.39 is 0 Å². The maximum atomic E-state index is 8.17. The number of nitrogens with zero attached hydrogens (tertiary/aromatic N) is 2. The fourth-order valence-corrected chi connectivity index (χ4v) is 5.74. The molecule has 2 saturated heterocycles. The molecule has 0 bridgehead atoms. The molecule has 2 fully saturated rings. The Morgan fingerprint density at radius 3 is 2.38 bits per heavy atom. The third-order valence-electron chi connectivity index (χ3n) is 7.50. The SMILES string of the molecule is N=c1ccc2c(-c3cccc(CN4CCCCC4)c3)c3ccc(N4CCCCC4)cc3oc-2c1. The van der Waals surface area contributed by atoms with Crippen LogP contribution in [0, 0.1) is 5.41 Å². The Morgan fingerprint density at radius 2 is 1.56 bits per heavy atom. The van der Waals surface area contributed by atoms with Crippen molar-refractivity contribution in [3.8, 4) is 22.5 Å². The first-order chi connectivity index (χ1) is 16.7. The standard InChI is InChI=1S/C30H33N3O/c31-24-10-12-26-28(19-24)34-29-20-25(33-16-5-2-6-17-33)11-13-27(29)30(26)23-9-7-8-22(18-23)21-32-14-3-1-4-15-32/h7-13,18-20,31H,1-6,14-17,21H2. The Hall–Kier alpha value is -3.11. The second-order valence-corrected chi connectivity index (χ2v) is 9.95. The van der Waals surface area contributed by atoms with Gasteiger partial charge in [-0.1, -0.05) is 24.6 Å². The molecule has 174 valence electrons. The summed E-state index contributed by atoms with van der Waals surface area (Å²) in [6.45, 7) is 5.64. The predicted octanol–water partition coefficient (Wildman–Crippen LogP) is 6.66. The van der Waals surface area contributed by atoms with Crippen LogP contribution in [0.15, 0.2) is 65.1 Å². The molecule has 0 radical (unpaired) electrons. The van der Waals surface area contributed by atoms with Crippen molar-refractivity contribution in [2.24, 2.45) is 0 Å². The highest BCUT2D eigenvalue weighted by Gasteiger charge is 2.19. The summed E-state index contributed by atoms with van der Waals surface area (Å²) in [7, 11) is 0. The summed E-state index contributed by atoms with van der Waals surface area (Å²) in [5, 5.41) is 9.79. The van der Waals surface area contributed by atoms with E-state index in [9.17, 15) is 0 Å². The quantitative estimate of drug-likeness (QED) is 0.353. The zero-order chi connectivity index (χ0) is 22.9. The second kappa shape index (κ2) is 9.27. The zero-order valence-electron chi connectivity index (χ0n) is 19.9. The molecule has 4 nitrogen and oxygen atoms in total. The van der Waals surface area contributed by atoms with Crippen LogP contribution in [0.4, 0.5) is 5.69 Å². The molecule has 0 saturated carbocycles. The van der Waals surface area contributed by atoms with Crippen molar-refractivity contribution in [1.82, 2.24) is 4.90 Å². The van der Waals surface area contributed by atoms with Crippen LogP contribution in [-0.4, -0.2) is 31.1 Å². The minimum absolute atomic E-state index is 0.479. The average molecular weight is 452 g/mol. The highest BCUT2D eigenvalue weighted by molar-refractivity contribution is 6.02. The number of hydrogen-bond donors (Lipinski definition) is 1. The van der Waals surface area contributed by atoms with Crippen molar-refractivity contribution in [3.05, 3.63) is 71.6 Å². The van der Waals surface area contributed by atoms with Crippen LogP contribution in [0.2, 0.25) is 0 Å². The van der Waals surface area contributed by atoms with E-state index in [1.165, 1.54) is 74.0 Å². The van der Waals surface area contributed by atoms with Gasteiger partial charge in [0.05, 0.1) is 5.36 Å². The van der Waals surface area contributed by atoms with E-state index in [2.05, 4.69) is 52.3 Å². The van der Waals surface area contributed by atoms with Gasteiger partial charge in [0.25, 0.3) is 0 Å². The first-order valence-corrected chi connectivity index (χ1v) is 12.9. The van der Waals surface area contributed by atoms with Crippen LogP contribution >= 0.6 is 0 Å². The fourth-order valence-electron chi connectivity index (χ4n) is 5.74. The molecule has 0 unspecified atom stereocenters. The maximum absolute atomic E-state index is 8.17. The summed E-state index contributed by atoms with van der Waals surface area (Å²) < 4.78 is 6.42. The fraction of sp³-hybridized carbons (Fsp3) is 0.367. The third kappa shape index (κ3) is 4.23. The van der Waals surface area contributed by atoms with Crippen molar-refractivity contribution >= 4 is 16.7 Å². The van der Waals surface area contributed by atoms with Crippen LogP contribution in [0.1, 0.15) is 44.1 Å². The van der Waals surface area contributed by atoms with E-state index in [4.69, 9.17) is 9.83 Å². The number of hydrogen-bond acceptors (Lipinski definition) is 4. The number of fused-ring (bicyclic) bond motifs is 2. The molecular formula is C30H33N3O. The summed E-state index contributed by atoms with van der Waals surface area (Å²) >= 11 is 0. The van der Waals surface area contributed by atoms with Crippen molar-refractivity contribution in [2.45, 2.75) is 45.1 Å². The average Bonchev–Trinajstić information content (AvgIpc) is 2.88. The van der Waals surface area contributed by atoms with Crippen LogP contribution in [-0.2, 0) is 6.54 Å². The second-order valence-electron chi connectivity index (χ2n) is 9.95. The number of anilines is 1. The van der Waals surface area contributed by atoms with Crippen molar-refractivity contribution in [3.63, 3.8) is 0 Å². The van der Waals surface area contributed by atoms with Gasteiger partial charge in [-0.15, -0.1) is 0 Å². The number of piperidine rings is 2. The third-order valence-corrected chi connectivity index (χ3v) is 7.50.